The molecule has 0 saturated heterocycles. The van der Waals surface area contributed by atoms with Crippen molar-refractivity contribution in [3.05, 3.63) is 74.4 Å². The molecule has 110 valence electrons. The van der Waals surface area contributed by atoms with Crippen molar-refractivity contribution in [2.24, 2.45) is 5.10 Å². The Morgan fingerprint density at radius 1 is 1.18 bits per heavy atom. The smallest absolute Gasteiger partial charge is 0.349 e. The minimum Gasteiger partial charge on any atom is -0.507 e. The van der Waals surface area contributed by atoms with E-state index in [1.54, 1.807) is 36.4 Å². The number of hydrogen-bond acceptors (Lipinski definition) is 4. The number of aryl methyl sites for hydroxylation is 1. The molecule has 3 rings (SSSR count). The molecule has 6 heteroatoms. The minimum atomic E-state index is -0.632. The molecule has 0 bridgehead atoms. The number of para-hydroxylation sites is 1. The molecule has 1 heterocycles. The molecule has 0 saturated carbocycles. The van der Waals surface area contributed by atoms with Crippen LogP contribution in [0.15, 0.2) is 57.2 Å². The number of aromatic hydroxyl groups is 1. The molecule has 22 heavy (non-hydrogen) atoms. The van der Waals surface area contributed by atoms with Crippen LogP contribution in [-0.2, 0) is 0 Å². The Labute approximate surface area is 125 Å². The van der Waals surface area contributed by atoms with Gasteiger partial charge in [0.05, 0.1) is 17.1 Å². The zero-order valence-corrected chi connectivity index (χ0v) is 11.8. The molecule has 0 aliphatic carbocycles. The summed E-state index contributed by atoms with van der Waals surface area (Å²) in [7, 11) is 0. The first-order valence-electron chi connectivity index (χ1n) is 6.64. The second-order valence-electron chi connectivity index (χ2n) is 4.90. The molecular formula is C16H13N3O3. The van der Waals surface area contributed by atoms with Gasteiger partial charge in [0, 0.05) is 5.56 Å². The highest BCUT2D eigenvalue weighted by Crippen LogP contribution is 2.15. The monoisotopic (exact) mass is 295 g/mol. The first-order chi connectivity index (χ1) is 10.6. The summed E-state index contributed by atoms with van der Waals surface area (Å²) >= 11 is 0. The van der Waals surface area contributed by atoms with E-state index in [9.17, 15) is 14.7 Å². The van der Waals surface area contributed by atoms with Crippen LogP contribution >= 0.6 is 0 Å². The van der Waals surface area contributed by atoms with Crippen molar-refractivity contribution >= 4 is 17.1 Å². The maximum atomic E-state index is 12.3. The minimum absolute atomic E-state index is 0.0274. The van der Waals surface area contributed by atoms with Crippen LogP contribution < -0.4 is 11.2 Å². The van der Waals surface area contributed by atoms with Crippen molar-refractivity contribution in [1.29, 1.82) is 0 Å². The first kappa shape index (κ1) is 13.8. The molecule has 0 aliphatic heterocycles. The molecule has 0 aliphatic rings. The summed E-state index contributed by atoms with van der Waals surface area (Å²) in [5.74, 6) is 0.0274. The van der Waals surface area contributed by atoms with Gasteiger partial charge in [0.25, 0.3) is 5.56 Å². The van der Waals surface area contributed by atoms with Crippen molar-refractivity contribution in [3.8, 4) is 5.75 Å². The van der Waals surface area contributed by atoms with E-state index in [-0.39, 0.29) is 5.75 Å². The summed E-state index contributed by atoms with van der Waals surface area (Å²) in [6, 6.07) is 11.7. The number of H-pyrrole nitrogens is 1. The largest absolute Gasteiger partial charge is 0.507 e. The highest BCUT2D eigenvalue weighted by molar-refractivity contribution is 5.83. The Balaban J connectivity index is 2.15. The second kappa shape index (κ2) is 5.33. The van der Waals surface area contributed by atoms with Crippen molar-refractivity contribution in [2.75, 3.05) is 0 Å². The lowest BCUT2D eigenvalue weighted by Crippen LogP contribution is -2.32. The molecule has 3 aromatic rings. The molecule has 0 unspecified atom stereocenters. The van der Waals surface area contributed by atoms with E-state index in [0.717, 1.165) is 10.2 Å². The van der Waals surface area contributed by atoms with E-state index in [1.807, 2.05) is 6.92 Å². The van der Waals surface area contributed by atoms with Crippen LogP contribution in [0.2, 0.25) is 0 Å². The third-order valence-corrected chi connectivity index (χ3v) is 3.28. The molecule has 0 spiro atoms. The van der Waals surface area contributed by atoms with Gasteiger partial charge in [-0.05, 0) is 31.2 Å². The standard InChI is InChI=1S/C16H13N3O3/c1-10-6-7-14(20)11(8-10)9-17-19-15(21)12-4-2-3-5-13(12)18-16(19)22/h2-9,20H,1H3,(H,18,22)/b17-9+. The van der Waals surface area contributed by atoms with Crippen LogP contribution in [0.25, 0.3) is 10.9 Å². The Kier molecular flexibility index (Phi) is 3.34. The summed E-state index contributed by atoms with van der Waals surface area (Å²) in [4.78, 5) is 26.8. The van der Waals surface area contributed by atoms with Gasteiger partial charge in [-0.3, -0.25) is 4.79 Å². The topological polar surface area (TPSA) is 87.4 Å². The first-order valence-corrected chi connectivity index (χ1v) is 6.64. The Morgan fingerprint density at radius 2 is 1.95 bits per heavy atom. The molecular weight excluding hydrogens is 282 g/mol. The van der Waals surface area contributed by atoms with Crippen LogP contribution in [-0.4, -0.2) is 21.0 Å². The molecule has 0 amide bonds. The molecule has 0 radical (unpaired) electrons. The molecule has 1 aromatic heterocycles. The Hall–Kier alpha value is -3.15. The summed E-state index contributed by atoms with van der Waals surface area (Å²) in [5, 5.41) is 14.0. The normalized spacial score (nSPS) is 11.3. The highest BCUT2D eigenvalue weighted by atomic mass is 16.3. The quantitative estimate of drug-likeness (QED) is 0.704. The number of rotatable bonds is 2. The van der Waals surface area contributed by atoms with Gasteiger partial charge in [0.15, 0.2) is 0 Å². The van der Waals surface area contributed by atoms with Crippen molar-refractivity contribution < 1.29 is 5.11 Å². The van der Waals surface area contributed by atoms with Crippen LogP contribution in [0.3, 0.4) is 0 Å². The molecule has 2 N–H and O–H groups in total. The summed E-state index contributed by atoms with van der Waals surface area (Å²) in [6.07, 6.45) is 1.29. The number of nitrogens with one attached hydrogen (secondary N) is 1. The fraction of sp³-hybridized carbons (Fsp3) is 0.0625. The number of aromatic nitrogens is 2. The second-order valence-corrected chi connectivity index (χ2v) is 4.90. The Morgan fingerprint density at radius 3 is 2.77 bits per heavy atom. The van der Waals surface area contributed by atoms with Gasteiger partial charge < -0.3 is 10.1 Å². The zero-order chi connectivity index (χ0) is 15.7. The van der Waals surface area contributed by atoms with E-state index in [2.05, 4.69) is 10.1 Å². The van der Waals surface area contributed by atoms with E-state index in [0.29, 0.717) is 16.5 Å². The van der Waals surface area contributed by atoms with E-state index in [4.69, 9.17) is 0 Å². The number of benzene rings is 2. The maximum absolute atomic E-state index is 12.3. The van der Waals surface area contributed by atoms with E-state index < -0.39 is 11.2 Å². The summed E-state index contributed by atoms with van der Waals surface area (Å²) in [5.41, 5.74) is 0.677. The maximum Gasteiger partial charge on any atom is 0.349 e. The van der Waals surface area contributed by atoms with E-state index in [1.165, 1.54) is 12.3 Å². The summed E-state index contributed by atoms with van der Waals surface area (Å²) in [6.45, 7) is 1.87. The molecule has 2 aromatic carbocycles. The number of phenolic OH excluding ortho intramolecular Hbond substituents is 1. The summed E-state index contributed by atoms with van der Waals surface area (Å²) < 4.78 is 0.740. The number of aromatic amines is 1. The van der Waals surface area contributed by atoms with Gasteiger partial charge in [0.2, 0.25) is 0 Å². The predicted octanol–water partition coefficient (Wildman–Crippen LogP) is 1.59. The van der Waals surface area contributed by atoms with Gasteiger partial charge in [-0.2, -0.15) is 5.10 Å². The predicted molar refractivity (Wildman–Crippen MR) is 84.7 cm³/mol. The van der Waals surface area contributed by atoms with Crippen LogP contribution in [0.1, 0.15) is 11.1 Å². The number of fused-ring (bicyclic) bond motifs is 1. The van der Waals surface area contributed by atoms with Crippen LogP contribution in [0, 0.1) is 6.92 Å². The average Bonchev–Trinajstić information content (AvgIpc) is 2.50. The zero-order valence-electron chi connectivity index (χ0n) is 11.8. The molecule has 0 fully saturated rings. The van der Waals surface area contributed by atoms with Crippen LogP contribution in [0.5, 0.6) is 5.75 Å². The average molecular weight is 295 g/mol. The van der Waals surface area contributed by atoms with Gasteiger partial charge in [0.1, 0.15) is 5.75 Å². The van der Waals surface area contributed by atoms with Crippen LogP contribution in [0.4, 0.5) is 0 Å². The van der Waals surface area contributed by atoms with Gasteiger partial charge in [-0.15, -0.1) is 4.68 Å². The van der Waals surface area contributed by atoms with Gasteiger partial charge in [-0.25, -0.2) is 4.79 Å². The number of nitrogens with zero attached hydrogens (tertiary/aromatic N) is 2. The highest BCUT2D eigenvalue weighted by Gasteiger charge is 2.06. The Bertz CT molecular complexity index is 999. The lowest BCUT2D eigenvalue weighted by atomic mass is 10.1. The lowest BCUT2D eigenvalue weighted by Gasteiger charge is -2.02. The van der Waals surface area contributed by atoms with Crippen molar-refractivity contribution in [3.63, 3.8) is 0 Å². The van der Waals surface area contributed by atoms with E-state index >= 15 is 0 Å². The molecule has 6 nitrogen and oxygen atoms in total. The number of hydrogen-bond donors (Lipinski definition) is 2. The fourth-order valence-corrected chi connectivity index (χ4v) is 2.16. The third-order valence-electron chi connectivity index (χ3n) is 3.28. The van der Waals surface area contributed by atoms with Gasteiger partial charge >= 0.3 is 5.69 Å². The van der Waals surface area contributed by atoms with Gasteiger partial charge in [-0.1, -0.05) is 23.8 Å². The lowest BCUT2D eigenvalue weighted by molar-refractivity contribution is 0.474. The number of phenols is 1. The van der Waals surface area contributed by atoms with Crippen molar-refractivity contribution in [1.82, 2.24) is 9.66 Å². The fourth-order valence-electron chi connectivity index (χ4n) is 2.16. The van der Waals surface area contributed by atoms with Crippen molar-refractivity contribution in [2.45, 2.75) is 6.92 Å². The SMILES string of the molecule is Cc1ccc(O)c(/C=N/n2c(=O)[nH]c3ccccc3c2=O)c1. The molecule has 0 atom stereocenters. The third kappa shape index (κ3) is 2.42.